The zero-order chi connectivity index (χ0) is 31.3. The van der Waals surface area contributed by atoms with Gasteiger partial charge in [0.1, 0.15) is 11.2 Å². The van der Waals surface area contributed by atoms with Gasteiger partial charge >= 0.3 is 0 Å². The van der Waals surface area contributed by atoms with Gasteiger partial charge in [0.2, 0.25) is 0 Å². The summed E-state index contributed by atoms with van der Waals surface area (Å²) in [5.74, 6) is 0. The Labute approximate surface area is 278 Å². The van der Waals surface area contributed by atoms with Crippen LogP contribution in [-0.2, 0) is 0 Å². The van der Waals surface area contributed by atoms with Crippen molar-refractivity contribution in [3.63, 3.8) is 0 Å². The van der Waals surface area contributed by atoms with Gasteiger partial charge in [-0.3, -0.25) is 4.57 Å². The summed E-state index contributed by atoms with van der Waals surface area (Å²) in [6.07, 6.45) is 0. The van der Waals surface area contributed by atoms with E-state index in [1.54, 1.807) is 11.3 Å². The highest BCUT2D eigenvalue weighted by Crippen LogP contribution is 2.41. The first-order valence-electron chi connectivity index (χ1n) is 16.1. The van der Waals surface area contributed by atoms with Crippen molar-refractivity contribution >= 4 is 87.1 Å². The number of furan rings is 1. The molecule has 4 aromatic heterocycles. The van der Waals surface area contributed by atoms with Gasteiger partial charge in [-0.1, -0.05) is 108 Å². The van der Waals surface area contributed by atoms with Gasteiger partial charge in [0.25, 0.3) is 0 Å². The number of hydrogen-bond acceptors (Lipinski definition) is 3. The van der Waals surface area contributed by atoms with E-state index in [4.69, 9.17) is 9.40 Å². The third kappa shape index (κ3) is 3.56. The molecule has 4 heterocycles. The van der Waals surface area contributed by atoms with Gasteiger partial charge < -0.3 is 8.98 Å². The van der Waals surface area contributed by atoms with Gasteiger partial charge in [0.15, 0.2) is 5.13 Å². The molecule has 7 aromatic carbocycles. The maximum Gasteiger partial charge on any atom is 0.195 e. The molecule has 0 spiro atoms. The quantitative estimate of drug-likeness (QED) is 0.194. The lowest BCUT2D eigenvalue weighted by atomic mass is 10.0. The van der Waals surface area contributed by atoms with Gasteiger partial charge in [-0.25, -0.2) is 4.98 Å². The molecule has 0 fully saturated rings. The first kappa shape index (κ1) is 26.0. The summed E-state index contributed by atoms with van der Waals surface area (Å²) in [6.45, 7) is 0. The van der Waals surface area contributed by atoms with E-state index in [0.717, 1.165) is 54.0 Å². The minimum absolute atomic E-state index is 0.869. The second-order valence-corrected chi connectivity index (χ2v) is 13.4. The highest BCUT2D eigenvalue weighted by molar-refractivity contribution is 7.21. The van der Waals surface area contributed by atoms with Crippen LogP contribution in [0.25, 0.3) is 97.7 Å². The zero-order valence-corrected chi connectivity index (χ0v) is 26.4. The van der Waals surface area contributed by atoms with Gasteiger partial charge in [-0.05, 0) is 65.7 Å². The number of nitrogens with zero attached hydrogens (tertiary/aromatic N) is 3. The molecular formula is C43H25N3OS. The van der Waals surface area contributed by atoms with Gasteiger partial charge in [0, 0.05) is 32.6 Å². The smallest absolute Gasteiger partial charge is 0.195 e. The molecule has 0 atom stereocenters. The molecule has 0 unspecified atom stereocenters. The van der Waals surface area contributed by atoms with Crippen LogP contribution in [0.1, 0.15) is 0 Å². The SMILES string of the molecule is c1ccc(-n2c3ccccc3c3ccc(-c4ccc5c6ccccc6n(-c6nc7c(ccc8oc9ccccc9c87)s6)c5c4)cc32)cc1. The number of benzene rings is 7. The van der Waals surface area contributed by atoms with E-state index < -0.39 is 0 Å². The molecule has 0 radical (unpaired) electrons. The van der Waals surface area contributed by atoms with E-state index in [2.05, 4.69) is 149 Å². The molecule has 48 heavy (non-hydrogen) atoms. The summed E-state index contributed by atoms with van der Waals surface area (Å²) in [7, 11) is 0. The number of hydrogen-bond donors (Lipinski definition) is 0. The van der Waals surface area contributed by atoms with Crippen LogP contribution in [0.2, 0.25) is 0 Å². The van der Waals surface area contributed by atoms with Crippen molar-refractivity contribution in [1.82, 2.24) is 14.1 Å². The number of para-hydroxylation sites is 4. The first-order chi connectivity index (χ1) is 23.8. The lowest BCUT2D eigenvalue weighted by Crippen LogP contribution is -1.94. The predicted molar refractivity (Wildman–Crippen MR) is 201 cm³/mol. The van der Waals surface area contributed by atoms with E-state index >= 15 is 0 Å². The summed E-state index contributed by atoms with van der Waals surface area (Å²) in [6, 6.07) is 54.2. The van der Waals surface area contributed by atoms with Crippen LogP contribution in [0.3, 0.4) is 0 Å². The number of thiazole rings is 1. The molecule has 5 heteroatoms. The van der Waals surface area contributed by atoms with Crippen LogP contribution in [0.15, 0.2) is 156 Å². The second-order valence-electron chi connectivity index (χ2n) is 12.4. The Hall–Kier alpha value is -6.17. The highest BCUT2D eigenvalue weighted by atomic mass is 32.1. The fourth-order valence-corrected chi connectivity index (χ4v) is 8.65. The second kappa shape index (κ2) is 9.67. The molecule has 11 rings (SSSR count). The normalized spacial score (nSPS) is 12.2. The maximum absolute atomic E-state index is 6.21. The molecule has 0 aliphatic rings. The maximum atomic E-state index is 6.21. The van der Waals surface area contributed by atoms with Crippen LogP contribution < -0.4 is 0 Å². The third-order valence-corrected chi connectivity index (χ3v) is 10.8. The number of aromatic nitrogens is 3. The Kier molecular flexibility index (Phi) is 5.23. The van der Waals surface area contributed by atoms with Crippen molar-refractivity contribution in [2.45, 2.75) is 0 Å². The zero-order valence-electron chi connectivity index (χ0n) is 25.6. The fourth-order valence-electron chi connectivity index (χ4n) is 7.65. The van der Waals surface area contributed by atoms with E-state index in [1.165, 1.54) is 43.7 Å². The molecule has 0 saturated carbocycles. The predicted octanol–water partition coefficient (Wildman–Crippen LogP) is 12.1. The van der Waals surface area contributed by atoms with E-state index in [-0.39, 0.29) is 0 Å². The van der Waals surface area contributed by atoms with Crippen molar-refractivity contribution in [2.75, 3.05) is 0 Å². The molecule has 224 valence electrons. The van der Waals surface area contributed by atoms with Crippen molar-refractivity contribution in [3.8, 4) is 21.9 Å². The average molecular weight is 632 g/mol. The summed E-state index contributed by atoms with van der Waals surface area (Å²) in [5.41, 5.74) is 10.9. The van der Waals surface area contributed by atoms with Gasteiger partial charge in [-0.2, -0.15) is 0 Å². The highest BCUT2D eigenvalue weighted by Gasteiger charge is 2.20. The van der Waals surface area contributed by atoms with Crippen LogP contribution in [0.4, 0.5) is 0 Å². The number of rotatable bonds is 3. The van der Waals surface area contributed by atoms with E-state index in [0.29, 0.717) is 0 Å². The van der Waals surface area contributed by atoms with E-state index in [1.807, 2.05) is 12.1 Å². The summed E-state index contributed by atoms with van der Waals surface area (Å²) in [5, 5.41) is 8.07. The van der Waals surface area contributed by atoms with Crippen molar-refractivity contribution < 1.29 is 4.42 Å². The van der Waals surface area contributed by atoms with Gasteiger partial charge in [-0.15, -0.1) is 0 Å². The molecule has 0 N–H and O–H groups in total. The molecule has 0 bridgehead atoms. The van der Waals surface area contributed by atoms with Crippen LogP contribution >= 0.6 is 11.3 Å². The Balaban J connectivity index is 1.16. The molecule has 11 aromatic rings. The average Bonchev–Trinajstić information content (AvgIpc) is 3.90. The van der Waals surface area contributed by atoms with Crippen LogP contribution in [-0.4, -0.2) is 14.1 Å². The minimum atomic E-state index is 0.869. The standard InChI is InChI=1S/C43H25N3OS/c1-2-10-28(11-3-1)45-34-15-7-4-12-29(34)31-20-18-26(24-36(31)45)27-19-21-32-30-13-5-8-16-35(30)46(37(32)25-27)43-44-42-40(48-43)23-22-39-41(42)33-14-6-9-17-38(33)47-39/h1-25H. The minimum Gasteiger partial charge on any atom is -0.456 e. The molecule has 0 aliphatic heterocycles. The van der Waals surface area contributed by atoms with Crippen molar-refractivity contribution in [3.05, 3.63) is 152 Å². The Bertz CT molecular complexity index is 3070. The lowest BCUT2D eigenvalue weighted by Gasteiger charge is -2.09. The fraction of sp³-hybridized carbons (Fsp3) is 0. The lowest BCUT2D eigenvalue weighted by molar-refractivity contribution is 0.669. The largest absolute Gasteiger partial charge is 0.456 e. The first-order valence-corrected chi connectivity index (χ1v) is 17.0. The topological polar surface area (TPSA) is 35.9 Å². The van der Waals surface area contributed by atoms with Crippen molar-refractivity contribution in [1.29, 1.82) is 0 Å². The van der Waals surface area contributed by atoms with E-state index in [9.17, 15) is 0 Å². The molecule has 0 saturated heterocycles. The van der Waals surface area contributed by atoms with Crippen molar-refractivity contribution in [2.24, 2.45) is 0 Å². The Morgan fingerprint density at radius 2 is 1.04 bits per heavy atom. The Morgan fingerprint density at radius 1 is 0.458 bits per heavy atom. The molecule has 0 aliphatic carbocycles. The summed E-state index contributed by atoms with van der Waals surface area (Å²) < 4.78 is 12.1. The monoisotopic (exact) mass is 631 g/mol. The van der Waals surface area contributed by atoms with Gasteiger partial charge in [0.05, 0.1) is 37.7 Å². The molecule has 4 nitrogen and oxygen atoms in total. The summed E-state index contributed by atoms with van der Waals surface area (Å²) in [4.78, 5) is 5.34. The van der Waals surface area contributed by atoms with Crippen LogP contribution in [0, 0.1) is 0 Å². The Morgan fingerprint density at radius 3 is 1.77 bits per heavy atom. The number of fused-ring (bicyclic) bond motifs is 11. The summed E-state index contributed by atoms with van der Waals surface area (Å²) >= 11 is 1.72. The van der Waals surface area contributed by atoms with Crippen LogP contribution in [0.5, 0.6) is 0 Å². The molecule has 0 amide bonds. The third-order valence-electron chi connectivity index (χ3n) is 9.77. The molecular weight excluding hydrogens is 607 g/mol.